The van der Waals surface area contributed by atoms with E-state index in [2.05, 4.69) is 67.3 Å². The van der Waals surface area contributed by atoms with Crippen molar-refractivity contribution < 1.29 is 0 Å². The number of aryl methyl sites for hydroxylation is 2. The van der Waals surface area contributed by atoms with Crippen LogP contribution in [-0.4, -0.2) is 24.5 Å². The van der Waals surface area contributed by atoms with Gasteiger partial charge in [0.05, 0.1) is 0 Å². The summed E-state index contributed by atoms with van der Waals surface area (Å²) in [4.78, 5) is 2.59. The molecular formula is C22H30N2. The molecule has 2 aromatic rings. The molecule has 0 bridgehead atoms. The summed E-state index contributed by atoms with van der Waals surface area (Å²) < 4.78 is 0. The van der Waals surface area contributed by atoms with Crippen LogP contribution in [0.2, 0.25) is 0 Å². The van der Waals surface area contributed by atoms with Crippen molar-refractivity contribution in [3.05, 3.63) is 70.8 Å². The number of piperidine rings is 1. The van der Waals surface area contributed by atoms with E-state index >= 15 is 0 Å². The highest BCUT2D eigenvalue weighted by atomic mass is 15.1. The van der Waals surface area contributed by atoms with Crippen molar-refractivity contribution in [3.8, 4) is 0 Å². The summed E-state index contributed by atoms with van der Waals surface area (Å²) in [7, 11) is 0. The molecule has 0 saturated carbocycles. The Kier molecular flexibility index (Phi) is 5.70. The summed E-state index contributed by atoms with van der Waals surface area (Å²) in [5.74, 6) is 1.21. The van der Waals surface area contributed by atoms with Gasteiger partial charge in [0.25, 0.3) is 0 Å². The first kappa shape index (κ1) is 17.2. The van der Waals surface area contributed by atoms with Gasteiger partial charge in [0.15, 0.2) is 0 Å². The third-order valence-corrected chi connectivity index (χ3v) is 5.54. The second kappa shape index (κ2) is 7.96. The fraction of sp³-hybridized carbons (Fsp3) is 0.455. The SMILES string of the molecule is Cc1ccc(C)c(C(CN)C2CCN(Cc3ccccc3)CC2)c1. The van der Waals surface area contributed by atoms with E-state index < -0.39 is 0 Å². The standard InChI is InChI=1S/C22H30N2/c1-17-8-9-18(2)21(14-17)22(15-23)20-10-12-24(13-11-20)16-19-6-4-3-5-7-19/h3-9,14,20,22H,10-13,15-16,23H2,1-2H3. The fourth-order valence-corrected chi connectivity index (χ4v) is 4.09. The maximum atomic E-state index is 6.20. The Hall–Kier alpha value is -1.64. The maximum absolute atomic E-state index is 6.20. The number of nitrogens with zero attached hydrogens (tertiary/aromatic N) is 1. The third-order valence-electron chi connectivity index (χ3n) is 5.54. The Balaban J connectivity index is 1.63. The number of hydrogen-bond donors (Lipinski definition) is 1. The molecule has 0 amide bonds. The fourth-order valence-electron chi connectivity index (χ4n) is 4.09. The molecule has 2 nitrogen and oxygen atoms in total. The molecule has 1 aliphatic heterocycles. The van der Waals surface area contributed by atoms with E-state index in [0.717, 1.165) is 13.1 Å². The van der Waals surface area contributed by atoms with E-state index in [9.17, 15) is 0 Å². The first-order valence-corrected chi connectivity index (χ1v) is 9.21. The van der Waals surface area contributed by atoms with Crippen LogP contribution in [0.25, 0.3) is 0 Å². The molecule has 2 aromatic carbocycles. The van der Waals surface area contributed by atoms with E-state index in [-0.39, 0.29) is 0 Å². The van der Waals surface area contributed by atoms with Crippen LogP contribution in [0.1, 0.15) is 41.0 Å². The summed E-state index contributed by atoms with van der Waals surface area (Å²) in [6.07, 6.45) is 2.50. The Morgan fingerprint density at radius 2 is 1.75 bits per heavy atom. The minimum atomic E-state index is 0.503. The van der Waals surface area contributed by atoms with Crippen molar-refractivity contribution in [1.29, 1.82) is 0 Å². The van der Waals surface area contributed by atoms with Gasteiger partial charge >= 0.3 is 0 Å². The molecule has 0 spiro atoms. The van der Waals surface area contributed by atoms with Gasteiger partial charge < -0.3 is 5.73 Å². The molecular weight excluding hydrogens is 292 g/mol. The maximum Gasteiger partial charge on any atom is 0.0233 e. The number of nitrogens with two attached hydrogens (primary N) is 1. The van der Waals surface area contributed by atoms with Crippen LogP contribution in [-0.2, 0) is 6.54 Å². The van der Waals surface area contributed by atoms with Gasteiger partial charge in [-0.1, -0.05) is 54.1 Å². The van der Waals surface area contributed by atoms with Crippen molar-refractivity contribution >= 4 is 0 Å². The van der Waals surface area contributed by atoms with Gasteiger partial charge in [0, 0.05) is 6.54 Å². The monoisotopic (exact) mass is 322 g/mol. The summed E-state index contributed by atoms with van der Waals surface area (Å²) in [6, 6.07) is 17.6. The van der Waals surface area contributed by atoms with E-state index in [1.807, 2.05) is 0 Å². The average Bonchev–Trinajstić information content (AvgIpc) is 2.61. The minimum absolute atomic E-state index is 0.503. The molecule has 1 saturated heterocycles. The van der Waals surface area contributed by atoms with Crippen LogP contribution in [0.5, 0.6) is 0 Å². The van der Waals surface area contributed by atoms with Crippen LogP contribution in [0.4, 0.5) is 0 Å². The molecule has 0 aromatic heterocycles. The topological polar surface area (TPSA) is 29.3 Å². The number of benzene rings is 2. The lowest BCUT2D eigenvalue weighted by Gasteiger charge is -2.36. The molecule has 1 heterocycles. The van der Waals surface area contributed by atoms with Crippen LogP contribution in [0.3, 0.4) is 0 Å². The largest absolute Gasteiger partial charge is 0.330 e. The molecule has 24 heavy (non-hydrogen) atoms. The first-order valence-electron chi connectivity index (χ1n) is 9.21. The molecule has 0 aliphatic carbocycles. The Bertz CT molecular complexity index is 642. The van der Waals surface area contributed by atoms with E-state index in [0.29, 0.717) is 11.8 Å². The normalized spacial score (nSPS) is 17.8. The number of rotatable bonds is 5. The summed E-state index contributed by atoms with van der Waals surface area (Å²) in [5.41, 5.74) is 11.8. The van der Waals surface area contributed by atoms with Crippen molar-refractivity contribution in [2.75, 3.05) is 19.6 Å². The minimum Gasteiger partial charge on any atom is -0.330 e. The zero-order chi connectivity index (χ0) is 16.9. The van der Waals surface area contributed by atoms with Gasteiger partial charge in [0.2, 0.25) is 0 Å². The van der Waals surface area contributed by atoms with Crippen molar-refractivity contribution in [3.63, 3.8) is 0 Å². The van der Waals surface area contributed by atoms with Gasteiger partial charge in [-0.25, -0.2) is 0 Å². The lowest BCUT2D eigenvalue weighted by Crippen LogP contribution is -2.37. The molecule has 1 fully saturated rings. The Labute approximate surface area is 146 Å². The number of hydrogen-bond acceptors (Lipinski definition) is 2. The van der Waals surface area contributed by atoms with E-state index in [1.165, 1.54) is 48.2 Å². The first-order chi connectivity index (χ1) is 11.7. The van der Waals surface area contributed by atoms with Gasteiger partial charge in [-0.05, 0) is 74.8 Å². The Morgan fingerprint density at radius 3 is 2.42 bits per heavy atom. The average molecular weight is 322 g/mol. The lowest BCUT2D eigenvalue weighted by atomic mass is 9.78. The van der Waals surface area contributed by atoms with E-state index in [4.69, 9.17) is 5.73 Å². The molecule has 0 radical (unpaired) electrons. The molecule has 2 heteroatoms. The van der Waals surface area contributed by atoms with Gasteiger partial charge in [-0.2, -0.15) is 0 Å². The smallest absolute Gasteiger partial charge is 0.0233 e. The molecule has 2 N–H and O–H groups in total. The third kappa shape index (κ3) is 4.06. The molecule has 128 valence electrons. The second-order valence-electron chi connectivity index (χ2n) is 7.30. The predicted octanol–water partition coefficient (Wildman–Crippen LogP) is 4.26. The zero-order valence-corrected chi connectivity index (χ0v) is 15.0. The molecule has 3 rings (SSSR count). The molecule has 1 aliphatic rings. The van der Waals surface area contributed by atoms with Gasteiger partial charge in [-0.3, -0.25) is 4.90 Å². The summed E-state index contributed by atoms with van der Waals surface area (Å²) in [6.45, 7) is 8.60. The van der Waals surface area contributed by atoms with Gasteiger partial charge in [0.1, 0.15) is 0 Å². The van der Waals surface area contributed by atoms with Crippen LogP contribution in [0.15, 0.2) is 48.5 Å². The molecule has 1 unspecified atom stereocenters. The van der Waals surface area contributed by atoms with Gasteiger partial charge in [-0.15, -0.1) is 0 Å². The number of likely N-dealkylation sites (tertiary alicyclic amines) is 1. The van der Waals surface area contributed by atoms with Crippen LogP contribution in [0, 0.1) is 19.8 Å². The molecule has 1 atom stereocenters. The van der Waals surface area contributed by atoms with E-state index in [1.54, 1.807) is 0 Å². The van der Waals surface area contributed by atoms with Crippen molar-refractivity contribution in [2.45, 2.75) is 39.2 Å². The summed E-state index contributed by atoms with van der Waals surface area (Å²) >= 11 is 0. The quantitative estimate of drug-likeness (QED) is 0.891. The zero-order valence-electron chi connectivity index (χ0n) is 15.0. The highest BCUT2D eigenvalue weighted by Gasteiger charge is 2.27. The van der Waals surface area contributed by atoms with Crippen LogP contribution < -0.4 is 5.73 Å². The summed E-state index contributed by atoms with van der Waals surface area (Å²) in [5, 5.41) is 0. The lowest BCUT2D eigenvalue weighted by molar-refractivity contribution is 0.162. The highest BCUT2D eigenvalue weighted by molar-refractivity contribution is 5.34. The second-order valence-corrected chi connectivity index (χ2v) is 7.30. The highest BCUT2D eigenvalue weighted by Crippen LogP contribution is 2.34. The van der Waals surface area contributed by atoms with Crippen LogP contribution >= 0.6 is 0 Å². The van der Waals surface area contributed by atoms with Crippen molar-refractivity contribution in [2.24, 2.45) is 11.7 Å². The van der Waals surface area contributed by atoms with Crippen molar-refractivity contribution in [1.82, 2.24) is 4.90 Å². The predicted molar refractivity (Wildman–Crippen MR) is 102 cm³/mol. The Morgan fingerprint density at radius 1 is 1.04 bits per heavy atom.